The molecule has 80 valence electrons. The molecule has 1 N–H and O–H groups in total. The third-order valence-electron chi connectivity index (χ3n) is 3.30. The molecule has 16 heavy (non-hydrogen) atoms. The van der Waals surface area contributed by atoms with Crippen molar-refractivity contribution in [3.05, 3.63) is 64.8 Å². The normalized spacial score (nSPS) is 22.6. The predicted octanol–water partition coefficient (Wildman–Crippen LogP) is 3.39. The maximum absolute atomic E-state index is 10.3. The van der Waals surface area contributed by atoms with Gasteiger partial charge < -0.3 is 5.11 Å². The van der Waals surface area contributed by atoms with Crippen molar-refractivity contribution in [2.45, 2.75) is 19.4 Å². The Labute approximate surface area is 95.4 Å². The Bertz CT molecular complexity index is 532. The summed E-state index contributed by atoms with van der Waals surface area (Å²) in [6.45, 7) is 2.11. The lowest BCUT2D eigenvalue weighted by molar-refractivity contribution is 0.225. The lowest BCUT2D eigenvalue weighted by Crippen LogP contribution is -1.92. The van der Waals surface area contributed by atoms with Gasteiger partial charge in [0, 0.05) is 0 Å². The SMILES string of the molecule is CC1=CCC=C2C(=C1)c1ccccc1C2O. The number of hydrogen-bond donors (Lipinski definition) is 1. The smallest absolute Gasteiger partial charge is 0.105 e. The second kappa shape index (κ2) is 3.46. The van der Waals surface area contributed by atoms with Gasteiger partial charge in [0.1, 0.15) is 6.10 Å². The molecular formula is C15H14O. The van der Waals surface area contributed by atoms with Crippen LogP contribution < -0.4 is 0 Å². The summed E-state index contributed by atoms with van der Waals surface area (Å²) < 4.78 is 0. The van der Waals surface area contributed by atoms with Gasteiger partial charge in [-0.3, -0.25) is 0 Å². The van der Waals surface area contributed by atoms with Gasteiger partial charge in [-0.2, -0.15) is 0 Å². The Hall–Kier alpha value is -1.60. The second-order valence-corrected chi connectivity index (χ2v) is 4.39. The predicted molar refractivity (Wildman–Crippen MR) is 65.8 cm³/mol. The van der Waals surface area contributed by atoms with Gasteiger partial charge >= 0.3 is 0 Å². The van der Waals surface area contributed by atoms with E-state index < -0.39 is 6.10 Å². The van der Waals surface area contributed by atoms with E-state index in [2.05, 4.69) is 31.2 Å². The Morgan fingerprint density at radius 1 is 1.19 bits per heavy atom. The molecule has 0 heterocycles. The van der Waals surface area contributed by atoms with Crippen molar-refractivity contribution >= 4 is 5.57 Å². The van der Waals surface area contributed by atoms with Crippen LogP contribution >= 0.6 is 0 Å². The topological polar surface area (TPSA) is 20.2 Å². The molecule has 2 aliphatic carbocycles. The van der Waals surface area contributed by atoms with Crippen LogP contribution in [0.2, 0.25) is 0 Å². The van der Waals surface area contributed by atoms with E-state index >= 15 is 0 Å². The van der Waals surface area contributed by atoms with E-state index in [1.165, 1.54) is 16.7 Å². The van der Waals surface area contributed by atoms with Crippen molar-refractivity contribution in [1.82, 2.24) is 0 Å². The second-order valence-electron chi connectivity index (χ2n) is 4.39. The van der Waals surface area contributed by atoms with Crippen LogP contribution in [0.5, 0.6) is 0 Å². The molecule has 1 nitrogen and oxygen atoms in total. The lowest BCUT2D eigenvalue weighted by atomic mass is 10.0. The summed E-state index contributed by atoms with van der Waals surface area (Å²) in [5, 5.41) is 10.3. The lowest BCUT2D eigenvalue weighted by Gasteiger charge is -2.04. The average molecular weight is 210 g/mol. The highest BCUT2D eigenvalue weighted by Crippen LogP contribution is 2.45. The van der Waals surface area contributed by atoms with Crippen LogP contribution in [0, 0.1) is 0 Å². The number of rotatable bonds is 0. The van der Waals surface area contributed by atoms with Gasteiger partial charge in [0.25, 0.3) is 0 Å². The molecule has 1 aromatic rings. The molecule has 2 aliphatic rings. The van der Waals surface area contributed by atoms with E-state index in [0.717, 1.165) is 17.6 Å². The highest BCUT2D eigenvalue weighted by molar-refractivity contribution is 5.88. The number of allylic oxidation sites excluding steroid dienone is 4. The maximum Gasteiger partial charge on any atom is 0.105 e. The Balaban J connectivity index is 2.26. The molecule has 0 saturated carbocycles. The molecule has 0 bridgehead atoms. The summed E-state index contributed by atoms with van der Waals surface area (Å²) in [5.41, 5.74) is 5.74. The molecule has 0 spiro atoms. The Morgan fingerprint density at radius 3 is 2.88 bits per heavy atom. The number of aliphatic hydroxyl groups is 1. The van der Waals surface area contributed by atoms with Crippen molar-refractivity contribution in [2.24, 2.45) is 0 Å². The first kappa shape index (κ1) is 9.61. The quantitative estimate of drug-likeness (QED) is 0.696. The fourth-order valence-electron chi connectivity index (χ4n) is 2.49. The van der Waals surface area contributed by atoms with E-state index in [9.17, 15) is 5.11 Å². The summed E-state index contributed by atoms with van der Waals surface area (Å²) in [6.07, 6.45) is 6.96. The van der Waals surface area contributed by atoms with Gasteiger partial charge in [-0.25, -0.2) is 0 Å². The summed E-state index contributed by atoms with van der Waals surface area (Å²) in [6, 6.07) is 8.11. The van der Waals surface area contributed by atoms with Crippen LogP contribution in [0.25, 0.3) is 5.57 Å². The Morgan fingerprint density at radius 2 is 2.00 bits per heavy atom. The van der Waals surface area contributed by atoms with Gasteiger partial charge in [-0.1, -0.05) is 48.1 Å². The number of aliphatic hydroxyl groups excluding tert-OH is 1. The zero-order chi connectivity index (χ0) is 11.1. The average Bonchev–Trinajstić information content (AvgIpc) is 2.47. The van der Waals surface area contributed by atoms with Crippen molar-refractivity contribution in [1.29, 1.82) is 0 Å². The van der Waals surface area contributed by atoms with Crippen LogP contribution in [0.15, 0.2) is 53.6 Å². The fourth-order valence-corrected chi connectivity index (χ4v) is 2.49. The standard InChI is InChI=1S/C15H14O/c1-10-5-4-8-13-14(9-10)11-6-2-3-7-12(11)15(13)16/h2-3,5-9,15-16H,4H2,1H3. The molecule has 0 radical (unpaired) electrons. The fraction of sp³-hybridized carbons (Fsp3) is 0.200. The monoisotopic (exact) mass is 210 g/mol. The summed E-state index contributed by atoms with van der Waals surface area (Å²) in [7, 11) is 0. The van der Waals surface area contributed by atoms with Crippen molar-refractivity contribution in [3.63, 3.8) is 0 Å². The number of benzene rings is 1. The Kier molecular flexibility index (Phi) is 2.08. The van der Waals surface area contributed by atoms with E-state index in [0.29, 0.717) is 0 Å². The molecule has 1 aromatic carbocycles. The molecule has 1 unspecified atom stereocenters. The molecule has 1 atom stereocenters. The van der Waals surface area contributed by atoms with Crippen molar-refractivity contribution in [2.75, 3.05) is 0 Å². The van der Waals surface area contributed by atoms with Crippen LogP contribution in [0.1, 0.15) is 30.6 Å². The molecule has 0 saturated heterocycles. The first-order valence-electron chi connectivity index (χ1n) is 5.63. The molecule has 0 fully saturated rings. The van der Waals surface area contributed by atoms with Crippen molar-refractivity contribution in [3.8, 4) is 0 Å². The summed E-state index contributed by atoms with van der Waals surface area (Å²) in [4.78, 5) is 0. The first-order valence-corrected chi connectivity index (χ1v) is 5.63. The zero-order valence-corrected chi connectivity index (χ0v) is 9.27. The third kappa shape index (κ3) is 1.29. The molecule has 0 aromatic heterocycles. The van der Waals surface area contributed by atoms with E-state index in [1.54, 1.807) is 0 Å². The van der Waals surface area contributed by atoms with Crippen molar-refractivity contribution < 1.29 is 5.11 Å². The minimum absolute atomic E-state index is 0.443. The van der Waals surface area contributed by atoms with Crippen LogP contribution in [0.4, 0.5) is 0 Å². The maximum atomic E-state index is 10.3. The van der Waals surface area contributed by atoms with Gasteiger partial charge in [0.05, 0.1) is 0 Å². The van der Waals surface area contributed by atoms with E-state index in [1.807, 2.05) is 18.2 Å². The molecule has 1 heteroatoms. The minimum Gasteiger partial charge on any atom is -0.384 e. The van der Waals surface area contributed by atoms with Gasteiger partial charge in [0.15, 0.2) is 0 Å². The van der Waals surface area contributed by atoms with Gasteiger partial charge in [-0.05, 0) is 35.6 Å². The highest BCUT2D eigenvalue weighted by Gasteiger charge is 2.29. The molecule has 0 aliphatic heterocycles. The first-order chi connectivity index (χ1) is 7.77. The molecule has 0 amide bonds. The van der Waals surface area contributed by atoms with Crippen LogP contribution in [-0.4, -0.2) is 5.11 Å². The highest BCUT2D eigenvalue weighted by atomic mass is 16.3. The molecule has 3 rings (SSSR count). The zero-order valence-electron chi connectivity index (χ0n) is 9.27. The van der Waals surface area contributed by atoms with E-state index in [-0.39, 0.29) is 0 Å². The van der Waals surface area contributed by atoms with Crippen LogP contribution in [-0.2, 0) is 0 Å². The summed E-state index contributed by atoms with van der Waals surface area (Å²) in [5.74, 6) is 0. The third-order valence-corrected chi connectivity index (χ3v) is 3.30. The van der Waals surface area contributed by atoms with Gasteiger partial charge in [0.2, 0.25) is 0 Å². The molecular weight excluding hydrogens is 196 g/mol. The van der Waals surface area contributed by atoms with Gasteiger partial charge in [-0.15, -0.1) is 0 Å². The van der Waals surface area contributed by atoms with E-state index in [4.69, 9.17) is 0 Å². The van der Waals surface area contributed by atoms with Crippen LogP contribution in [0.3, 0.4) is 0 Å². The largest absolute Gasteiger partial charge is 0.384 e. The summed E-state index contributed by atoms with van der Waals surface area (Å²) >= 11 is 0. The number of fused-ring (bicyclic) bond motifs is 3. The minimum atomic E-state index is -0.443. The number of hydrogen-bond acceptors (Lipinski definition) is 1.